The molecule has 15 heavy (non-hydrogen) atoms. The molecule has 0 spiro atoms. The van der Waals surface area contributed by atoms with E-state index in [9.17, 15) is 13.2 Å². The van der Waals surface area contributed by atoms with Crippen LogP contribution in [0.5, 0.6) is 0 Å². The second-order valence-corrected chi connectivity index (χ2v) is 4.89. The van der Waals surface area contributed by atoms with Crippen LogP contribution < -0.4 is 10.5 Å². The topological polar surface area (TPSA) is 89.3 Å². The number of hydrogen-bond acceptors (Lipinski definition) is 4. The molecule has 0 aromatic carbocycles. The van der Waals surface area contributed by atoms with E-state index in [4.69, 9.17) is 12.2 Å². The summed E-state index contributed by atoms with van der Waals surface area (Å²) < 4.78 is 24.4. The summed E-state index contributed by atoms with van der Waals surface area (Å²) in [4.78, 5) is 11.1. The minimum Gasteiger partial charge on any atom is -0.330 e. The van der Waals surface area contributed by atoms with Crippen molar-refractivity contribution < 1.29 is 13.2 Å². The van der Waals surface area contributed by atoms with Gasteiger partial charge in [-0.2, -0.15) is 0 Å². The van der Waals surface area contributed by atoms with E-state index >= 15 is 0 Å². The normalized spacial score (nSPS) is 10.7. The fourth-order valence-corrected chi connectivity index (χ4v) is 2.00. The third-order valence-corrected chi connectivity index (χ3v) is 2.98. The largest absolute Gasteiger partial charge is 0.330 e. The molecule has 0 aromatic rings. The van der Waals surface area contributed by atoms with Crippen molar-refractivity contribution in [3.63, 3.8) is 0 Å². The van der Waals surface area contributed by atoms with Crippen LogP contribution in [-0.4, -0.2) is 26.6 Å². The molecule has 5 nitrogen and oxygen atoms in total. The van der Waals surface area contributed by atoms with E-state index in [1.54, 1.807) is 0 Å². The Morgan fingerprint density at radius 1 is 1.40 bits per heavy atom. The molecule has 86 valence electrons. The Morgan fingerprint density at radius 2 is 2.07 bits per heavy atom. The smallest absolute Gasteiger partial charge is 0.234 e. The number of terminal acetylenes is 1. The van der Waals surface area contributed by atoms with E-state index < -0.39 is 15.9 Å². The van der Waals surface area contributed by atoms with Gasteiger partial charge < -0.3 is 5.73 Å². The van der Waals surface area contributed by atoms with Gasteiger partial charge in [0.25, 0.3) is 0 Å². The average Bonchev–Trinajstić information content (AvgIpc) is 2.14. The van der Waals surface area contributed by atoms with Crippen LogP contribution in [0.1, 0.15) is 25.7 Å². The number of hydrogen-bond donors (Lipinski definition) is 2. The van der Waals surface area contributed by atoms with Crippen LogP contribution in [0.2, 0.25) is 0 Å². The molecule has 3 N–H and O–H groups in total. The summed E-state index contributed by atoms with van der Waals surface area (Å²) in [6.45, 7) is 0.284. The van der Waals surface area contributed by atoms with Gasteiger partial charge in [-0.3, -0.25) is 9.52 Å². The molecular formula is C9H16N2O3S. The predicted molar refractivity (Wildman–Crippen MR) is 58.3 cm³/mol. The van der Waals surface area contributed by atoms with E-state index in [0.29, 0.717) is 19.3 Å². The average molecular weight is 232 g/mol. The quantitative estimate of drug-likeness (QED) is 0.461. The number of unbranched alkanes of at least 4 members (excludes halogenated alkanes) is 1. The highest BCUT2D eigenvalue weighted by atomic mass is 32.2. The van der Waals surface area contributed by atoms with Crippen molar-refractivity contribution in [3.8, 4) is 12.3 Å². The number of nitrogens with one attached hydrogen (secondary N) is 1. The van der Waals surface area contributed by atoms with Gasteiger partial charge in [0.15, 0.2) is 0 Å². The maximum atomic E-state index is 11.2. The lowest BCUT2D eigenvalue weighted by Crippen LogP contribution is -2.32. The molecule has 0 aromatic heterocycles. The highest BCUT2D eigenvalue weighted by Gasteiger charge is 2.12. The van der Waals surface area contributed by atoms with Crippen LogP contribution >= 0.6 is 0 Å². The molecule has 0 saturated heterocycles. The number of rotatable bonds is 7. The zero-order chi connectivity index (χ0) is 11.7. The summed E-state index contributed by atoms with van der Waals surface area (Å²) in [5.74, 6) is 1.74. The summed E-state index contributed by atoms with van der Waals surface area (Å²) in [7, 11) is -3.51. The van der Waals surface area contributed by atoms with Crippen LogP contribution in [0.3, 0.4) is 0 Å². The maximum Gasteiger partial charge on any atom is 0.234 e. The third-order valence-electron chi connectivity index (χ3n) is 1.61. The van der Waals surface area contributed by atoms with Gasteiger partial charge in [-0.05, 0) is 19.4 Å². The molecule has 0 saturated carbocycles. The van der Waals surface area contributed by atoms with Crippen molar-refractivity contribution in [2.24, 2.45) is 5.73 Å². The Hall–Kier alpha value is -1.06. The van der Waals surface area contributed by atoms with Gasteiger partial charge in [-0.1, -0.05) is 0 Å². The van der Waals surface area contributed by atoms with Gasteiger partial charge in [-0.25, -0.2) is 8.42 Å². The van der Waals surface area contributed by atoms with Crippen LogP contribution in [0.25, 0.3) is 0 Å². The molecule has 0 heterocycles. The van der Waals surface area contributed by atoms with Crippen molar-refractivity contribution in [3.05, 3.63) is 0 Å². The summed E-state index contributed by atoms with van der Waals surface area (Å²) in [5, 5.41) is 0. The minimum absolute atomic E-state index is 0.121. The first kappa shape index (κ1) is 13.9. The SMILES string of the molecule is C#CCCCC(=O)NS(=O)(=O)CCCN. The van der Waals surface area contributed by atoms with Crippen molar-refractivity contribution in [2.45, 2.75) is 25.7 Å². The number of carbonyl (C=O) groups excluding carboxylic acids is 1. The van der Waals surface area contributed by atoms with Crippen molar-refractivity contribution in [1.82, 2.24) is 4.72 Å². The molecule has 0 rings (SSSR count). The van der Waals surface area contributed by atoms with E-state index in [1.165, 1.54) is 0 Å². The molecule has 0 atom stereocenters. The standard InChI is InChI=1S/C9H16N2O3S/c1-2-3-4-6-9(12)11-15(13,14)8-5-7-10/h1H,3-8,10H2,(H,11,12). The molecule has 0 radical (unpaired) electrons. The highest BCUT2D eigenvalue weighted by Crippen LogP contribution is 1.96. The van der Waals surface area contributed by atoms with E-state index in [0.717, 1.165) is 0 Å². The minimum atomic E-state index is -3.51. The van der Waals surface area contributed by atoms with Crippen LogP contribution in [0, 0.1) is 12.3 Å². The second-order valence-electron chi connectivity index (χ2n) is 3.04. The zero-order valence-corrected chi connectivity index (χ0v) is 9.35. The molecule has 0 aliphatic heterocycles. The number of amides is 1. The Labute approximate surface area is 90.5 Å². The molecule has 6 heteroatoms. The van der Waals surface area contributed by atoms with Gasteiger partial charge >= 0.3 is 0 Å². The summed E-state index contributed by atoms with van der Waals surface area (Å²) in [5.41, 5.74) is 5.17. The first-order valence-electron chi connectivity index (χ1n) is 4.68. The van der Waals surface area contributed by atoms with E-state index in [-0.39, 0.29) is 18.7 Å². The molecule has 0 aliphatic rings. The van der Waals surface area contributed by atoms with Crippen molar-refractivity contribution in [2.75, 3.05) is 12.3 Å². The first-order chi connectivity index (χ1) is 7.02. The zero-order valence-electron chi connectivity index (χ0n) is 8.53. The molecule has 0 unspecified atom stereocenters. The summed E-state index contributed by atoms with van der Waals surface area (Å²) in [6, 6.07) is 0. The Balaban J connectivity index is 3.90. The molecule has 0 bridgehead atoms. The van der Waals surface area contributed by atoms with Crippen molar-refractivity contribution in [1.29, 1.82) is 0 Å². The monoisotopic (exact) mass is 232 g/mol. The van der Waals surface area contributed by atoms with Crippen molar-refractivity contribution >= 4 is 15.9 Å². The van der Waals surface area contributed by atoms with Gasteiger partial charge in [-0.15, -0.1) is 12.3 Å². The molecule has 1 amide bonds. The fourth-order valence-electron chi connectivity index (χ4n) is 0.900. The van der Waals surface area contributed by atoms with Gasteiger partial charge in [0, 0.05) is 12.8 Å². The maximum absolute atomic E-state index is 11.2. The predicted octanol–water partition coefficient (Wildman–Crippen LogP) is -0.415. The summed E-state index contributed by atoms with van der Waals surface area (Å²) >= 11 is 0. The van der Waals surface area contributed by atoms with E-state index in [1.807, 2.05) is 4.72 Å². The van der Waals surface area contributed by atoms with Crippen LogP contribution in [0.15, 0.2) is 0 Å². The number of carbonyl (C=O) groups is 1. The van der Waals surface area contributed by atoms with Crippen LogP contribution in [-0.2, 0) is 14.8 Å². The van der Waals surface area contributed by atoms with E-state index in [2.05, 4.69) is 5.92 Å². The Kier molecular flexibility index (Phi) is 6.75. The molecular weight excluding hydrogens is 216 g/mol. The van der Waals surface area contributed by atoms with Gasteiger partial charge in [0.1, 0.15) is 0 Å². The number of nitrogens with two attached hydrogens (primary N) is 1. The second kappa shape index (κ2) is 7.26. The van der Waals surface area contributed by atoms with Gasteiger partial charge in [0.2, 0.25) is 15.9 Å². The lowest BCUT2D eigenvalue weighted by molar-refractivity contribution is -0.119. The summed E-state index contributed by atoms with van der Waals surface area (Å²) in [6.07, 6.45) is 6.43. The highest BCUT2D eigenvalue weighted by molar-refractivity contribution is 7.90. The molecule has 0 aliphatic carbocycles. The third kappa shape index (κ3) is 7.97. The first-order valence-corrected chi connectivity index (χ1v) is 6.34. The molecule has 0 fully saturated rings. The van der Waals surface area contributed by atoms with Gasteiger partial charge in [0.05, 0.1) is 5.75 Å². The Morgan fingerprint density at radius 3 is 2.60 bits per heavy atom. The Bertz CT molecular complexity index is 330. The number of sulfonamides is 1. The lowest BCUT2D eigenvalue weighted by Gasteiger charge is -2.05. The fraction of sp³-hybridized carbons (Fsp3) is 0.667. The van der Waals surface area contributed by atoms with Crippen LogP contribution in [0.4, 0.5) is 0 Å². The lowest BCUT2D eigenvalue weighted by atomic mass is 10.2.